The molecule has 1 aromatic heterocycles. The summed E-state index contributed by atoms with van der Waals surface area (Å²) < 4.78 is 53.4. The number of hydrogen-bond acceptors (Lipinski definition) is 6. The zero-order chi connectivity index (χ0) is 24.9. The minimum absolute atomic E-state index is 0.0171. The van der Waals surface area contributed by atoms with Gasteiger partial charge in [0.05, 0.1) is 16.0 Å². The third-order valence-corrected chi connectivity index (χ3v) is 8.30. The van der Waals surface area contributed by atoms with Crippen LogP contribution in [0.1, 0.15) is 56.9 Å². The highest BCUT2D eigenvalue weighted by molar-refractivity contribution is 7.85. The van der Waals surface area contributed by atoms with Crippen molar-refractivity contribution in [1.82, 2.24) is 15.1 Å². The second-order valence-corrected chi connectivity index (χ2v) is 12.3. The van der Waals surface area contributed by atoms with Gasteiger partial charge in [0.15, 0.2) is 0 Å². The van der Waals surface area contributed by atoms with Crippen molar-refractivity contribution in [3.8, 4) is 0 Å². The molecule has 1 amide bonds. The molecule has 34 heavy (non-hydrogen) atoms. The van der Waals surface area contributed by atoms with Gasteiger partial charge in [0, 0.05) is 46.4 Å². The van der Waals surface area contributed by atoms with Crippen LogP contribution in [0.3, 0.4) is 0 Å². The van der Waals surface area contributed by atoms with Gasteiger partial charge in [-0.25, -0.2) is 4.79 Å². The normalized spacial score (nSPS) is 25.7. The molecule has 0 N–H and O–H groups in total. The van der Waals surface area contributed by atoms with E-state index in [0.29, 0.717) is 30.9 Å². The van der Waals surface area contributed by atoms with Gasteiger partial charge in [0.1, 0.15) is 5.60 Å². The van der Waals surface area contributed by atoms with E-state index in [1.807, 2.05) is 0 Å². The van der Waals surface area contributed by atoms with Gasteiger partial charge in [-0.05, 0) is 45.7 Å². The van der Waals surface area contributed by atoms with Gasteiger partial charge in [0.25, 0.3) is 5.89 Å². The first-order chi connectivity index (χ1) is 15.8. The van der Waals surface area contributed by atoms with Crippen LogP contribution in [-0.4, -0.2) is 55.6 Å². The molecule has 12 heteroatoms. The van der Waals surface area contributed by atoms with Crippen molar-refractivity contribution in [3.63, 3.8) is 0 Å². The highest BCUT2D eigenvalue weighted by atomic mass is 35.5. The number of alkyl halides is 2. The molecule has 2 fully saturated rings. The molecular formula is C22H25Cl2F2N3O4S. The standard InChI is InChI=1S/C22H25Cl2F2N3O4S/c1-20(2,3)33-19(30)29-11-14(21(12-29)6-8-34(31)9-7-21)17-27-28-18(32-17)22(25,26)13-4-5-15(23)16(24)10-13/h4-5,10,14H,6-9,11-12H2,1-3H3. The summed E-state index contributed by atoms with van der Waals surface area (Å²) in [6.45, 7) is 5.83. The van der Waals surface area contributed by atoms with E-state index >= 15 is 8.78 Å². The lowest BCUT2D eigenvalue weighted by atomic mass is 9.73. The fourth-order valence-electron chi connectivity index (χ4n) is 4.46. The summed E-state index contributed by atoms with van der Waals surface area (Å²) in [6, 6.07) is 3.48. The number of halogens is 4. The topological polar surface area (TPSA) is 85.5 Å². The summed E-state index contributed by atoms with van der Waals surface area (Å²) >= 11 is 11.8. The predicted octanol–water partition coefficient (Wildman–Crippen LogP) is 5.38. The van der Waals surface area contributed by atoms with Crippen LogP contribution >= 0.6 is 23.2 Å². The monoisotopic (exact) mass is 535 g/mol. The Morgan fingerprint density at radius 3 is 2.50 bits per heavy atom. The number of carbonyl (C=O) groups excluding carboxylic acids is 1. The molecule has 186 valence electrons. The van der Waals surface area contributed by atoms with Gasteiger partial charge in [-0.1, -0.05) is 29.3 Å². The highest BCUT2D eigenvalue weighted by Crippen LogP contribution is 2.50. The first kappa shape index (κ1) is 25.3. The molecule has 0 aliphatic carbocycles. The molecule has 1 spiro atoms. The van der Waals surface area contributed by atoms with Crippen LogP contribution in [-0.2, 0) is 21.5 Å². The largest absolute Gasteiger partial charge is 0.444 e. The number of aromatic nitrogens is 2. The lowest BCUT2D eigenvalue weighted by Gasteiger charge is -2.36. The van der Waals surface area contributed by atoms with Gasteiger partial charge in [-0.2, -0.15) is 8.78 Å². The van der Waals surface area contributed by atoms with Gasteiger partial charge in [-0.15, -0.1) is 10.2 Å². The number of likely N-dealkylation sites (tertiary alicyclic amines) is 1. The number of amides is 1. The van der Waals surface area contributed by atoms with Crippen LogP contribution < -0.4 is 0 Å². The fraction of sp³-hybridized carbons (Fsp3) is 0.591. The Kier molecular flexibility index (Phi) is 6.72. The quantitative estimate of drug-likeness (QED) is 0.524. The Labute approximate surface area is 208 Å². The average molecular weight is 536 g/mol. The summed E-state index contributed by atoms with van der Waals surface area (Å²) in [7, 11) is -0.954. The molecular weight excluding hydrogens is 511 g/mol. The minimum atomic E-state index is -3.59. The molecule has 2 aliphatic heterocycles. The molecule has 2 saturated heterocycles. The van der Waals surface area contributed by atoms with Crippen molar-refractivity contribution in [2.75, 3.05) is 24.6 Å². The molecule has 4 rings (SSSR count). The fourth-order valence-corrected chi connectivity index (χ4v) is 6.23. The third-order valence-electron chi connectivity index (χ3n) is 6.24. The lowest BCUT2D eigenvalue weighted by molar-refractivity contribution is 0.0109. The molecule has 1 aromatic carbocycles. The predicted molar refractivity (Wildman–Crippen MR) is 124 cm³/mol. The Hall–Kier alpha value is -1.78. The Balaban J connectivity index is 1.64. The smallest absolute Gasteiger partial charge is 0.410 e. The molecule has 1 unspecified atom stereocenters. The Bertz CT molecular complexity index is 1110. The van der Waals surface area contributed by atoms with Crippen LogP contribution in [0.15, 0.2) is 22.6 Å². The number of benzene rings is 1. The van der Waals surface area contributed by atoms with Crippen molar-refractivity contribution in [2.24, 2.45) is 5.41 Å². The SMILES string of the molecule is CC(C)(C)OC(=O)N1CC(c2nnc(C(F)(F)c3ccc(Cl)c(Cl)c3)o2)C2(CCS(=O)CC2)C1. The Morgan fingerprint density at radius 1 is 1.21 bits per heavy atom. The first-order valence-electron chi connectivity index (χ1n) is 10.8. The molecule has 1 atom stereocenters. The van der Waals surface area contributed by atoms with Gasteiger partial charge >= 0.3 is 12.0 Å². The van der Waals surface area contributed by atoms with E-state index in [0.717, 1.165) is 12.1 Å². The summed E-state index contributed by atoms with van der Waals surface area (Å²) in [5, 5.41) is 7.74. The Morgan fingerprint density at radius 2 is 1.88 bits per heavy atom. The van der Waals surface area contributed by atoms with E-state index in [1.165, 1.54) is 6.07 Å². The number of ether oxygens (including phenoxy) is 1. The first-order valence-corrected chi connectivity index (χ1v) is 13.1. The number of carbonyl (C=O) groups is 1. The van der Waals surface area contributed by atoms with Crippen molar-refractivity contribution in [3.05, 3.63) is 45.6 Å². The van der Waals surface area contributed by atoms with Crippen LogP contribution in [0, 0.1) is 5.41 Å². The van der Waals surface area contributed by atoms with Crippen LogP contribution in [0.4, 0.5) is 13.6 Å². The second-order valence-electron chi connectivity index (χ2n) is 9.77. The van der Waals surface area contributed by atoms with E-state index in [4.69, 9.17) is 32.4 Å². The van der Waals surface area contributed by atoms with Crippen molar-refractivity contribution in [2.45, 2.75) is 51.1 Å². The minimum Gasteiger partial charge on any atom is -0.444 e. The van der Waals surface area contributed by atoms with E-state index in [-0.39, 0.29) is 22.5 Å². The van der Waals surface area contributed by atoms with Gasteiger partial charge in [0.2, 0.25) is 5.89 Å². The second kappa shape index (κ2) is 9.02. The van der Waals surface area contributed by atoms with Crippen LogP contribution in [0.25, 0.3) is 0 Å². The van der Waals surface area contributed by atoms with Crippen LogP contribution in [0.2, 0.25) is 10.0 Å². The highest BCUT2D eigenvalue weighted by Gasteiger charge is 2.53. The van der Waals surface area contributed by atoms with E-state index in [2.05, 4.69) is 10.2 Å². The van der Waals surface area contributed by atoms with E-state index < -0.39 is 51.2 Å². The summed E-state index contributed by atoms with van der Waals surface area (Å²) in [5.74, 6) is -4.01. The van der Waals surface area contributed by atoms with Crippen LogP contribution in [0.5, 0.6) is 0 Å². The summed E-state index contributed by atoms with van der Waals surface area (Å²) in [5.41, 5.74) is -1.62. The summed E-state index contributed by atoms with van der Waals surface area (Å²) in [4.78, 5) is 14.3. The molecule has 2 aliphatic rings. The zero-order valence-electron chi connectivity index (χ0n) is 18.9. The third kappa shape index (κ3) is 4.95. The zero-order valence-corrected chi connectivity index (χ0v) is 21.3. The van der Waals surface area contributed by atoms with Gasteiger partial charge < -0.3 is 14.1 Å². The molecule has 0 radical (unpaired) electrons. The van der Waals surface area contributed by atoms with E-state index in [1.54, 1.807) is 25.7 Å². The average Bonchev–Trinajstić information content (AvgIpc) is 3.37. The number of hydrogen-bond donors (Lipinski definition) is 0. The molecule has 0 bridgehead atoms. The maximum atomic E-state index is 15.2. The lowest BCUT2D eigenvalue weighted by Crippen LogP contribution is -2.39. The maximum Gasteiger partial charge on any atom is 0.410 e. The van der Waals surface area contributed by atoms with Crippen molar-refractivity contribution < 1.29 is 26.9 Å². The molecule has 2 aromatic rings. The van der Waals surface area contributed by atoms with E-state index in [9.17, 15) is 9.00 Å². The molecule has 3 heterocycles. The molecule has 0 saturated carbocycles. The molecule has 7 nitrogen and oxygen atoms in total. The summed E-state index contributed by atoms with van der Waals surface area (Å²) in [6.07, 6.45) is 0.594. The van der Waals surface area contributed by atoms with Crippen molar-refractivity contribution >= 4 is 40.1 Å². The maximum absolute atomic E-state index is 15.2. The number of rotatable bonds is 3. The van der Waals surface area contributed by atoms with Gasteiger partial charge in [-0.3, -0.25) is 4.21 Å². The number of nitrogens with zero attached hydrogens (tertiary/aromatic N) is 3. The van der Waals surface area contributed by atoms with Crippen molar-refractivity contribution in [1.29, 1.82) is 0 Å².